The number of nitrogens with zero attached hydrogens (tertiary/aromatic N) is 4. The molecule has 0 unspecified atom stereocenters. The summed E-state index contributed by atoms with van der Waals surface area (Å²) in [7, 11) is 0. The molecular formula is C50H30N4. The molecule has 3 aromatic heterocycles. The molecule has 0 atom stereocenters. The highest BCUT2D eigenvalue weighted by atomic mass is 15.2. The molecule has 0 amide bonds. The van der Waals surface area contributed by atoms with Crippen molar-refractivity contribution >= 4 is 86.8 Å². The zero-order chi connectivity index (χ0) is 35.3. The summed E-state index contributed by atoms with van der Waals surface area (Å²) in [5.74, 6) is 0.656. The van der Waals surface area contributed by atoms with Gasteiger partial charge in [-0.05, 0) is 80.8 Å². The van der Waals surface area contributed by atoms with Gasteiger partial charge in [-0.3, -0.25) is 4.57 Å². The Kier molecular flexibility index (Phi) is 6.02. The molecule has 0 aliphatic rings. The Labute approximate surface area is 309 Å². The molecule has 0 bridgehead atoms. The summed E-state index contributed by atoms with van der Waals surface area (Å²) >= 11 is 0. The first-order valence-electron chi connectivity index (χ1n) is 18.4. The van der Waals surface area contributed by atoms with E-state index in [0.717, 1.165) is 44.3 Å². The molecule has 0 N–H and O–H groups in total. The fourth-order valence-electron chi connectivity index (χ4n) is 8.87. The topological polar surface area (TPSA) is 35.6 Å². The Hall–Kier alpha value is -7.30. The van der Waals surface area contributed by atoms with Crippen LogP contribution in [-0.2, 0) is 0 Å². The molecule has 3 heterocycles. The van der Waals surface area contributed by atoms with Crippen LogP contribution in [0.15, 0.2) is 182 Å². The molecular weight excluding hydrogens is 657 g/mol. The molecule has 4 nitrogen and oxygen atoms in total. The Morgan fingerprint density at radius 1 is 0.333 bits per heavy atom. The maximum absolute atomic E-state index is 5.43. The van der Waals surface area contributed by atoms with E-state index in [1.165, 1.54) is 59.5 Å². The number of aromatic nitrogens is 4. The summed E-state index contributed by atoms with van der Waals surface area (Å²) in [5, 5.41) is 13.2. The zero-order valence-electron chi connectivity index (χ0n) is 29.1. The van der Waals surface area contributed by atoms with Crippen molar-refractivity contribution in [2.24, 2.45) is 0 Å². The van der Waals surface area contributed by atoms with Crippen LogP contribution in [0.2, 0.25) is 0 Å². The summed E-state index contributed by atoms with van der Waals surface area (Å²) < 4.78 is 4.69. The average Bonchev–Trinajstić information content (AvgIpc) is 3.76. The van der Waals surface area contributed by atoms with Crippen LogP contribution in [-0.4, -0.2) is 19.1 Å². The monoisotopic (exact) mass is 686 g/mol. The Bertz CT molecular complexity index is 3510. The van der Waals surface area contributed by atoms with Crippen LogP contribution in [0, 0.1) is 0 Å². The molecule has 0 spiro atoms. The van der Waals surface area contributed by atoms with Crippen molar-refractivity contribution in [3.8, 4) is 22.9 Å². The van der Waals surface area contributed by atoms with Gasteiger partial charge in [0.05, 0.1) is 33.3 Å². The predicted octanol–water partition coefficient (Wildman–Crippen LogP) is 13.0. The highest BCUT2D eigenvalue weighted by Crippen LogP contribution is 2.41. The number of para-hydroxylation sites is 2. The molecule has 0 saturated carbocycles. The van der Waals surface area contributed by atoms with Crippen LogP contribution in [0.3, 0.4) is 0 Å². The summed E-state index contributed by atoms with van der Waals surface area (Å²) in [5.41, 5.74) is 8.55. The van der Waals surface area contributed by atoms with Crippen LogP contribution in [0.25, 0.3) is 110 Å². The number of rotatable bonds is 3. The Morgan fingerprint density at radius 2 is 0.889 bits per heavy atom. The highest BCUT2D eigenvalue weighted by molar-refractivity contribution is 6.23. The van der Waals surface area contributed by atoms with E-state index >= 15 is 0 Å². The van der Waals surface area contributed by atoms with Gasteiger partial charge in [-0.15, -0.1) is 0 Å². The lowest BCUT2D eigenvalue weighted by Gasteiger charge is -2.13. The van der Waals surface area contributed by atoms with Gasteiger partial charge in [0.1, 0.15) is 0 Å². The lowest BCUT2D eigenvalue weighted by Crippen LogP contribution is -2.03. The highest BCUT2D eigenvalue weighted by Gasteiger charge is 2.21. The lowest BCUT2D eigenvalue weighted by atomic mass is 10.0. The van der Waals surface area contributed by atoms with Crippen molar-refractivity contribution in [1.82, 2.24) is 19.1 Å². The molecule has 0 radical (unpaired) electrons. The first-order chi connectivity index (χ1) is 26.8. The van der Waals surface area contributed by atoms with Crippen molar-refractivity contribution < 1.29 is 0 Å². The fourth-order valence-corrected chi connectivity index (χ4v) is 8.87. The van der Waals surface area contributed by atoms with E-state index in [4.69, 9.17) is 9.97 Å². The second-order valence-electron chi connectivity index (χ2n) is 14.2. The second kappa shape index (κ2) is 11.1. The molecule has 4 heteroatoms. The molecule has 12 aromatic rings. The van der Waals surface area contributed by atoms with Gasteiger partial charge in [-0.25, -0.2) is 9.97 Å². The van der Waals surface area contributed by atoms with Crippen LogP contribution in [0.1, 0.15) is 0 Å². The third kappa shape index (κ3) is 4.13. The van der Waals surface area contributed by atoms with E-state index in [1.54, 1.807) is 0 Å². The van der Waals surface area contributed by atoms with Gasteiger partial charge < -0.3 is 4.57 Å². The minimum Gasteiger partial charge on any atom is -0.309 e. The van der Waals surface area contributed by atoms with Gasteiger partial charge in [0.15, 0.2) is 0 Å². The van der Waals surface area contributed by atoms with Gasteiger partial charge in [-0.2, -0.15) is 0 Å². The van der Waals surface area contributed by atoms with Gasteiger partial charge in [0.25, 0.3) is 0 Å². The van der Waals surface area contributed by atoms with Gasteiger partial charge in [0.2, 0.25) is 5.95 Å². The summed E-state index contributed by atoms with van der Waals surface area (Å²) in [4.78, 5) is 10.7. The van der Waals surface area contributed by atoms with E-state index in [1.807, 2.05) is 0 Å². The number of hydrogen-bond acceptors (Lipinski definition) is 2. The van der Waals surface area contributed by atoms with Crippen LogP contribution < -0.4 is 0 Å². The molecule has 12 rings (SSSR count). The van der Waals surface area contributed by atoms with Crippen LogP contribution >= 0.6 is 0 Å². The molecule has 0 saturated heterocycles. The molecule has 9 aromatic carbocycles. The predicted molar refractivity (Wildman–Crippen MR) is 226 cm³/mol. The standard InChI is InChI=1S/C50H30N4/c1-2-14-34-29-35(22-21-31(34)11-1)49-39-17-7-9-19-42(39)51-50(52-49)54-44-28-25-36(30-41(44)48-38-16-6-4-13-33(38)24-27-46(48)54)53-43-20-10-8-18-40(43)47-37-15-5-3-12-32(37)23-26-45(47)53/h1-30H. The molecule has 0 fully saturated rings. The molecule has 250 valence electrons. The van der Waals surface area contributed by atoms with Gasteiger partial charge in [0, 0.05) is 38.2 Å². The molecule has 0 aliphatic heterocycles. The van der Waals surface area contributed by atoms with Crippen molar-refractivity contribution in [3.05, 3.63) is 182 Å². The van der Waals surface area contributed by atoms with E-state index in [0.29, 0.717) is 5.95 Å². The zero-order valence-corrected chi connectivity index (χ0v) is 29.1. The normalized spacial score (nSPS) is 12.1. The van der Waals surface area contributed by atoms with E-state index < -0.39 is 0 Å². The summed E-state index contributed by atoms with van der Waals surface area (Å²) in [6.45, 7) is 0. The fraction of sp³-hybridized carbons (Fsp3) is 0. The van der Waals surface area contributed by atoms with Crippen molar-refractivity contribution in [3.63, 3.8) is 0 Å². The number of benzene rings is 9. The summed E-state index contributed by atoms with van der Waals surface area (Å²) in [6, 6.07) is 65.5. The van der Waals surface area contributed by atoms with Crippen LogP contribution in [0.5, 0.6) is 0 Å². The van der Waals surface area contributed by atoms with E-state index in [-0.39, 0.29) is 0 Å². The van der Waals surface area contributed by atoms with E-state index in [2.05, 4.69) is 191 Å². The quantitative estimate of drug-likeness (QED) is 0.185. The maximum Gasteiger partial charge on any atom is 0.235 e. The maximum atomic E-state index is 5.43. The van der Waals surface area contributed by atoms with Crippen molar-refractivity contribution in [1.29, 1.82) is 0 Å². The molecule has 54 heavy (non-hydrogen) atoms. The first kappa shape index (κ1) is 29.3. The Morgan fingerprint density at radius 3 is 1.67 bits per heavy atom. The number of fused-ring (bicyclic) bond motifs is 12. The van der Waals surface area contributed by atoms with Gasteiger partial charge >= 0.3 is 0 Å². The second-order valence-corrected chi connectivity index (χ2v) is 14.2. The number of hydrogen-bond donors (Lipinski definition) is 0. The van der Waals surface area contributed by atoms with Crippen molar-refractivity contribution in [2.45, 2.75) is 0 Å². The van der Waals surface area contributed by atoms with Crippen molar-refractivity contribution in [2.75, 3.05) is 0 Å². The smallest absolute Gasteiger partial charge is 0.235 e. The lowest BCUT2D eigenvalue weighted by molar-refractivity contribution is 1.01. The Balaban J connectivity index is 1.17. The van der Waals surface area contributed by atoms with Gasteiger partial charge in [-0.1, -0.05) is 133 Å². The minimum absolute atomic E-state index is 0.656. The van der Waals surface area contributed by atoms with E-state index in [9.17, 15) is 0 Å². The SMILES string of the molecule is c1ccc2cc(-c3nc(-n4c5ccc(-n6c7ccccc7c7c8ccccc8ccc76)cc5c5c6ccccc6ccc54)nc4ccccc34)ccc2c1. The largest absolute Gasteiger partial charge is 0.309 e. The average molecular weight is 687 g/mol. The van der Waals surface area contributed by atoms with Crippen LogP contribution in [0.4, 0.5) is 0 Å². The third-order valence-electron chi connectivity index (χ3n) is 11.3. The first-order valence-corrected chi connectivity index (χ1v) is 18.4. The minimum atomic E-state index is 0.656. The molecule has 0 aliphatic carbocycles. The third-order valence-corrected chi connectivity index (χ3v) is 11.3. The summed E-state index contributed by atoms with van der Waals surface area (Å²) in [6.07, 6.45) is 0.